The Morgan fingerprint density at radius 3 is 2.59 bits per heavy atom. The third-order valence-electron chi connectivity index (χ3n) is 4.80. The van der Waals surface area contributed by atoms with Crippen LogP contribution in [0.2, 0.25) is 0 Å². The van der Waals surface area contributed by atoms with Gasteiger partial charge < -0.3 is 4.57 Å². The molecule has 29 heavy (non-hydrogen) atoms. The van der Waals surface area contributed by atoms with Gasteiger partial charge in [-0.1, -0.05) is 24.3 Å². The average molecular weight is 468 g/mol. The molecule has 152 valence electrons. The van der Waals surface area contributed by atoms with Crippen molar-refractivity contribution in [1.29, 1.82) is 0 Å². The normalized spacial score (nSPS) is 14.4. The molecule has 0 fully saturated rings. The fourth-order valence-corrected chi connectivity index (χ4v) is 3.75. The van der Waals surface area contributed by atoms with E-state index in [-0.39, 0.29) is 11.7 Å². The minimum Gasteiger partial charge on any atom is -0.331 e. The summed E-state index contributed by atoms with van der Waals surface area (Å²) in [6.07, 6.45) is -3.09. The lowest BCUT2D eigenvalue weighted by atomic mass is 10.1. The fraction of sp³-hybridized carbons (Fsp3) is 0.316. The second-order valence-electron chi connectivity index (χ2n) is 6.71. The summed E-state index contributed by atoms with van der Waals surface area (Å²) in [5.41, 5.74) is 0.540. The molecule has 4 rings (SSSR count). The summed E-state index contributed by atoms with van der Waals surface area (Å²) >= 11 is 3.33. The van der Waals surface area contributed by atoms with Crippen LogP contribution in [0.5, 0.6) is 0 Å². The maximum atomic E-state index is 13.0. The Labute approximate surface area is 173 Å². The lowest BCUT2D eigenvalue weighted by molar-refractivity contribution is -0.140. The predicted octanol–water partition coefficient (Wildman–Crippen LogP) is 4.48. The van der Waals surface area contributed by atoms with Crippen LogP contribution < -0.4 is 4.90 Å². The minimum absolute atomic E-state index is 0.00493. The Balaban J connectivity index is 1.59. The SMILES string of the molecule is CCn1cc(C(F)(F)F)nc1-c1ccc(CN2C(=O)CCn3nc(Br)cc32)cc1. The number of aryl methyl sites for hydroxylation is 2. The zero-order chi connectivity index (χ0) is 20.8. The third kappa shape index (κ3) is 3.81. The van der Waals surface area contributed by atoms with Crippen molar-refractivity contribution in [2.24, 2.45) is 0 Å². The fourth-order valence-electron chi connectivity index (χ4n) is 3.36. The predicted molar refractivity (Wildman–Crippen MR) is 104 cm³/mol. The van der Waals surface area contributed by atoms with Gasteiger partial charge in [0.15, 0.2) is 5.69 Å². The van der Waals surface area contributed by atoms with Gasteiger partial charge in [-0.3, -0.25) is 9.69 Å². The van der Waals surface area contributed by atoms with E-state index in [0.717, 1.165) is 11.8 Å². The topological polar surface area (TPSA) is 56.0 Å². The second-order valence-corrected chi connectivity index (χ2v) is 7.52. The lowest BCUT2D eigenvalue weighted by Gasteiger charge is -2.27. The maximum Gasteiger partial charge on any atom is 0.434 e. The number of rotatable bonds is 4. The van der Waals surface area contributed by atoms with E-state index >= 15 is 0 Å². The number of aromatic nitrogens is 4. The first-order valence-electron chi connectivity index (χ1n) is 9.03. The van der Waals surface area contributed by atoms with E-state index in [1.165, 1.54) is 4.57 Å². The number of halogens is 4. The molecule has 1 amide bonds. The van der Waals surface area contributed by atoms with E-state index in [1.54, 1.807) is 46.8 Å². The second kappa shape index (κ2) is 7.33. The van der Waals surface area contributed by atoms with E-state index in [4.69, 9.17) is 0 Å². The summed E-state index contributed by atoms with van der Waals surface area (Å²) in [4.78, 5) is 17.8. The Hall–Kier alpha value is -2.62. The molecule has 6 nitrogen and oxygen atoms in total. The van der Waals surface area contributed by atoms with Gasteiger partial charge in [-0.2, -0.15) is 18.3 Å². The quantitative estimate of drug-likeness (QED) is 0.568. The van der Waals surface area contributed by atoms with Gasteiger partial charge in [0.25, 0.3) is 0 Å². The zero-order valence-corrected chi connectivity index (χ0v) is 17.0. The molecular weight excluding hydrogens is 451 g/mol. The molecule has 2 aromatic heterocycles. The summed E-state index contributed by atoms with van der Waals surface area (Å²) in [7, 11) is 0. The summed E-state index contributed by atoms with van der Waals surface area (Å²) in [6.45, 7) is 3.04. The summed E-state index contributed by atoms with van der Waals surface area (Å²) < 4.78 is 42.9. The van der Waals surface area contributed by atoms with Crippen LogP contribution in [-0.2, 0) is 30.6 Å². The molecule has 3 aromatic rings. The van der Waals surface area contributed by atoms with E-state index in [2.05, 4.69) is 26.0 Å². The van der Waals surface area contributed by atoms with Crippen LogP contribution >= 0.6 is 15.9 Å². The van der Waals surface area contributed by atoms with Crippen LogP contribution in [0.4, 0.5) is 19.0 Å². The van der Waals surface area contributed by atoms with Gasteiger partial charge in [-0.25, -0.2) is 9.67 Å². The molecule has 0 aliphatic carbocycles. The first-order chi connectivity index (χ1) is 13.8. The molecule has 0 spiro atoms. The van der Waals surface area contributed by atoms with Crippen LogP contribution in [0, 0.1) is 0 Å². The van der Waals surface area contributed by atoms with Crippen molar-refractivity contribution < 1.29 is 18.0 Å². The summed E-state index contributed by atoms with van der Waals surface area (Å²) in [5, 5.41) is 4.31. The number of nitrogens with zero attached hydrogens (tertiary/aromatic N) is 5. The smallest absolute Gasteiger partial charge is 0.331 e. The van der Waals surface area contributed by atoms with E-state index in [9.17, 15) is 18.0 Å². The highest BCUT2D eigenvalue weighted by Gasteiger charge is 2.34. The molecule has 0 bridgehead atoms. The number of amides is 1. The van der Waals surface area contributed by atoms with Crippen molar-refractivity contribution in [3.63, 3.8) is 0 Å². The average Bonchev–Trinajstić information content (AvgIpc) is 3.27. The Morgan fingerprint density at radius 2 is 1.93 bits per heavy atom. The first kappa shape index (κ1) is 19.7. The number of alkyl halides is 3. The molecule has 0 atom stereocenters. The Morgan fingerprint density at radius 1 is 1.21 bits per heavy atom. The summed E-state index contributed by atoms with van der Waals surface area (Å²) in [6, 6.07) is 8.85. The molecular formula is C19H17BrF3N5O. The molecule has 1 aliphatic rings. The van der Waals surface area contributed by atoms with Gasteiger partial charge in [-0.15, -0.1) is 0 Å². The van der Waals surface area contributed by atoms with E-state index in [1.807, 2.05) is 0 Å². The number of hydrogen-bond acceptors (Lipinski definition) is 3. The highest BCUT2D eigenvalue weighted by molar-refractivity contribution is 9.10. The van der Waals surface area contributed by atoms with Crippen LogP contribution in [0.1, 0.15) is 24.6 Å². The molecule has 0 unspecified atom stereocenters. The van der Waals surface area contributed by atoms with E-state index < -0.39 is 11.9 Å². The molecule has 10 heteroatoms. The molecule has 1 aromatic carbocycles. The van der Waals surface area contributed by atoms with Gasteiger partial charge in [0.2, 0.25) is 5.91 Å². The number of hydrogen-bond donors (Lipinski definition) is 0. The number of anilines is 1. The van der Waals surface area contributed by atoms with Crippen molar-refractivity contribution in [2.75, 3.05) is 4.90 Å². The third-order valence-corrected chi connectivity index (χ3v) is 5.19. The minimum atomic E-state index is -4.49. The van der Waals surface area contributed by atoms with Crippen molar-refractivity contribution in [3.8, 4) is 11.4 Å². The van der Waals surface area contributed by atoms with Crippen LogP contribution in [-0.4, -0.2) is 25.2 Å². The number of carbonyl (C=O) groups excluding carboxylic acids is 1. The maximum absolute atomic E-state index is 13.0. The zero-order valence-electron chi connectivity index (χ0n) is 15.4. The summed E-state index contributed by atoms with van der Waals surface area (Å²) in [5.74, 6) is 0.987. The van der Waals surface area contributed by atoms with Crippen LogP contribution in [0.25, 0.3) is 11.4 Å². The van der Waals surface area contributed by atoms with E-state index in [0.29, 0.717) is 42.0 Å². The van der Waals surface area contributed by atoms with Crippen molar-refractivity contribution >= 4 is 27.7 Å². The lowest BCUT2D eigenvalue weighted by Crippen LogP contribution is -2.36. The Kier molecular flexibility index (Phi) is 4.97. The van der Waals surface area contributed by atoms with Gasteiger partial charge >= 0.3 is 6.18 Å². The van der Waals surface area contributed by atoms with Gasteiger partial charge in [0.1, 0.15) is 16.2 Å². The molecule has 1 aliphatic heterocycles. The molecule has 0 radical (unpaired) electrons. The van der Waals surface area contributed by atoms with Crippen molar-refractivity contribution in [1.82, 2.24) is 19.3 Å². The van der Waals surface area contributed by atoms with Crippen LogP contribution in [0.15, 0.2) is 41.1 Å². The number of imidazole rings is 1. The highest BCUT2D eigenvalue weighted by Crippen LogP contribution is 2.31. The highest BCUT2D eigenvalue weighted by atomic mass is 79.9. The van der Waals surface area contributed by atoms with Crippen LogP contribution in [0.3, 0.4) is 0 Å². The number of benzene rings is 1. The number of fused-ring (bicyclic) bond motifs is 1. The molecule has 0 saturated carbocycles. The van der Waals surface area contributed by atoms with Crippen molar-refractivity contribution in [3.05, 3.63) is 52.4 Å². The molecule has 0 saturated heterocycles. The largest absolute Gasteiger partial charge is 0.434 e. The molecule has 3 heterocycles. The van der Waals surface area contributed by atoms with Gasteiger partial charge in [0, 0.05) is 30.8 Å². The van der Waals surface area contributed by atoms with Crippen molar-refractivity contribution in [2.45, 2.75) is 39.2 Å². The standard InChI is InChI=1S/C19H17BrF3N5O/c1-2-26-11-14(19(21,22)23)24-18(26)13-5-3-12(4-6-13)10-27-16-9-15(20)25-28(16)8-7-17(27)29/h3-6,9,11H,2,7-8,10H2,1H3. The van der Waals surface area contributed by atoms with Gasteiger partial charge in [-0.05, 0) is 28.4 Å². The van der Waals surface area contributed by atoms with Gasteiger partial charge in [0.05, 0.1) is 13.1 Å². The molecule has 0 N–H and O–H groups in total. The monoisotopic (exact) mass is 467 g/mol. The first-order valence-corrected chi connectivity index (χ1v) is 9.83. The Bertz CT molecular complexity index is 1050. The number of carbonyl (C=O) groups is 1.